The van der Waals surface area contributed by atoms with Crippen molar-refractivity contribution in [3.63, 3.8) is 0 Å². The van der Waals surface area contributed by atoms with Gasteiger partial charge in [0.1, 0.15) is 0 Å². The lowest BCUT2D eigenvalue weighted by Crippen LogP contribution is -2.37. The number of sulfonamides is 1. The Bertz CT molecular complexity index is 545. The smallest absolute Gasteiger partial charge is 0.236 e. The summed E-state index contributed by atoms with van der Waals surface area (Å²) in [5.74, 6) is 0.145. The van der Waals surface area contributed by atoms with E-state index in [1.54, 1.807) is 0 Å². The monoisotopic (exact) mass is 332 g/mol. The van der Waals surface area contributed by atoms with E-state index < -0.39 is 10.0 Å². The molecule has 0 spiro atoms. The molecule has 1 aliphatic rings. The van der Waals surface area contributed by atoms with Crippen LogP contribution in [0.2, 0.25) is 0 Å². The van der Waals surface area contributed by atoms with Crippen LogP contribution in [-0.2, 0) is 10.0 Å². The van der Waals surface area contributed by atoms with Gasteiger partial charge in [0.25, 0.3) is 0 Å². The van der Waals surface area contributed by atoms with Crippen molar-refractivity contribution in [3.8, 4) is 0 Å². The van der Waals surface area contributed by atoms with Gasteiger partial charge in [0.15, 0.2) is 0 Å². The Balaban J connectivity index is 2.41. The molecule has 0 aromatic heterocycles. The highest BCUT2D eigenvalue weighted by molar-refractivity contribution is 9.10. The zero-order valence-corrected chi connectivity index (χ0v) is 12.9. The number of nitrogens with zero attached hydrogens (tertiary/aromatic N) is 1. The van der Waals surface area contributed by atoms with Crippen LogP contribution >= 0.6 is 15.9 Å². The number of halogens is 1. The molecule has 0 amide bonds. The summed E-state index contributed by atoms with van der Waals surface area (Å²) >= 11 is 3.43. The number of aryl methyl sites for hydroxylation is 1. The van der Waals surface area contributed by atoms with E-state index in [1.165, 1.54) is 4.31 Å². The highest BCUT2D eigenvalue weighted by Crippen LogP contribution is 2.25. The van der Waals surface area contributed by atoms with Gasteiger partial charge in [0, 0.05) is 23.6 Å². The van der Waals surface area contributed by atoms with E-state index in [0.29, 0.717) is 13.1 Å². The molecule has 1 saturated heterocycles. The van der Waals surface area contributed by atoms with Crippen molar-refractivity contribution in [3.05, 3.63) is 28.2 Å². The number of hydrogen-bond acceptors (Lipinski definition) is 3. The molecule has 0 bridgehead atoms. The normalized spacial score (nSPS) is 23.7. The Kier molecular flexibility index (Phi) is 3.99. The zero-order chi connectivity index (χ0) is 13.3. The fourth-order valence-electron chi connectivity index (χ4n) is 2.02. The summed E-state index contributed by atoms with van der Waals surface area (Å²) < 4.78 is 26.9. The standard InChI is InChI=1S/C12H17BrN2O2S/c1-9-7-11(3-4-12(9)13)15-8-10(2)14-5-6-18(15,16)17/h3-4,7,10,14H,5-6,8H2,1-2H3. The summed E-state index contributed by atoms with van der Waals surface area (Å²) in [6.45, 7) is 4.94. The third-order valence-corrected chi connectivity index (χ3v) is 5.70. The lowest BCUT2D eigenvalue weighted by molar-refractivity contribution is 0.587. The van der Waals surface area contributed by atoms with Crippen LogP contribution < -0.4 is 9.62 Å². The maximum absolute atomic E-state index is 12.2. The van der Waals surface area contributed by atoms with Gasteiger partial charge in [-0.25, -0.2) is 8.42 Å². The molecule has 0 saturated carbocycles. The molecule has 6 heteroatoms. The number of hydrogen-bond donors (Lipinski definition) is 1. The summed E-state index contributed by atoms with van der Waals surface area (Å²) in [5.41, 5.74) is 1.78. The van der Waals surface area contributed by atoms with Crippen molar-refractivity contribution in [1.82, 2.24) is 5.32 Å². The van der Waals surface area contributed by atoms with Crippen molar-refractivity contribution >= 4 is 31.6 Å². The van der Waals surface area contributed by atoms with Gasteiger partial charge in [-0.2, -0.15) is 0 Å². The van der Waals surface area contributed by atoms with E-state index in [4.69, 9.17) is 0 Å². The van der Waals surface area contributed by atoms with Gasteiger partial charge in [-0.05, 0) is 37.6 Å². The zero-order valence-electron chi connectivity index (χ0n) is 10.5. The Morgan fingerprint density at radius 3 is 2.83 bits per heavy atom. The number of rotatable bonds is 1. The Morgan fingerprint density at radius 1 is 1.44 bits per heavy atom. The first-order chi connectivity index (χ1) is 8.40. The van der Waals surface area contributed by atoms with Gasteiger partial charge in [0.2, 0.25) is 10.0 Å². The van der Waals surface area contributed by atoms with Crippen LogP contribution in [0.15, 0.2) is 22.7 Å². The second kappa shape index (κ2) is 5.19. The summed E-state index contributed by atoms with van der Waals surface area (Å²) in [7, 11) is -3.22. The maximum atomic E-state index is 12.2. The molecule has 4 nitrogen and oxygen atoms in total. The highest BCUT2D eigenvalue weighted by atomic mass is 79.9. The molecular formula is C12H17BrN2O2S. The number of benzene rings is 1. The molecule has 1 aromatic rings. The van der Waals surface area contributed by atoms with Gasteiger partial charge < -0.3 is 5.32 Å². The average Bonchev–Trinajstić information content (AvgIpc) is 2.41. The molecule has 0 radical (unpaired) electrons. The molecule has 2 rings (SSSR count). The molecule has 1 atom stereocenters. The van der Waals surface area contributed by atoms with Gasteiger partial charge in [-0.15, -0.1) is 0 Å². The average molecular weight is 333 g/mol. The van der Waals surface area contributed by atoms with Crippen molar-refractivity contribution in [2.24, 2.45) is 0 Å². The number of anilines is 1. The van der Waals surface area contributed by atoms with Crippen LogP contribution in [0.1, 0.15) is 12.5 Å². The van der Waals surface area contributed by atoms with Crippen LogP contribution in [0, 0.1) is 6.92 Å². The molecule has 1 aliphatic heterocycles. The lowest BCUT2D eigenvalue weighted by Gasteiger charge is -2.24. The maximum Gasteiger partial charge on any atom is 0.236 e. The van der Waals surface area contributed by atoms with E-state index >= 15 is 0 Å². The van der Waals surface area contributed by atoms with Crippen molar-refractivity contribution in [2.75, 3.05) is 23.1 Å². The molecular weight excluding hydrogens is 316 g/mol. The van der Waals surface area contributed by atoms with Crippen LogP contribution in [-0.4, -0.2) is 33.3 Å². The van der Waals surface area contributed by atoms with Crippen molar-refractivity contribution in [2.45, 2.75) is 19.9 Å². The van der Waals surface area contributed by atoms with Gasteiger partial charge >= 0.3 is 0 Å². The minimum atomic E-state index is -3.22. The third kappa shape index (κ3) is 2.87. The second-order valence-electron chi connectivity index (χ2n) is 4.64. The van der Waals surface area contributed by atoms with E-state index in [9.17, 15) is 8.42 Å². The largest absolute Gasteiger partial charge is 0.311 e. The topological polar surface area (TPSA) is 49.4 Å². The fourth-order valence-corrected chi connectivity index (χ4v) is 3.75. The SMILES string of the molecule is Cc1cc(N2CC(C)NCCS2(=O)=O)ccc1Br. The molecule has 1 unspecified atom stereocenters. The predicted molar refractivity (Wildman–Crippen MR) is 77.5 cm³/mol. The molecule has 18 heavy (non-hydrogen) atoms. The van der Waals surface area contributed by atoms with Gasteiger partial charge in [-0.3, -0.25) is 4.31 Å². The first kappa shape index (κ1) is 13.8. The van der Waals surface area contributed by atoms with E-state index in [0.717, 1.165) is 15.7 Å². The molecule has 1 fully saturated rings. The van der Waals surface area contributed by atoms with Crippen molar-refractivity contribution < 1.29 is 8.42 Å². The highest BCUT2D eigenvalue weighted by Gasteiger charge is 2.27. The third-order valence-electron chi connectivity index (χ3n) is 3.06. The summed E-state index contributed by atoms with van der Waals surface area (Å²) in [5, 5.41) is 3.20. The van der Waals surface area contributed by atoms with E-state index in [1.807, 2.05) is 32.0 Å². The first-order valence-electron chi connectivity index (χ1n) is 5.90. The minimum Gasteiger partial charge on any atom is -0.311 e. The summed E-state index contributed by atoms with van der Waals surface area (Å²) in [6, 6.07) is 5.79. The van der Waals surface area contributed by atoms with Crippen molar-refractivity contribution in [1.29, 1.82) is 0 Å². The Labute approximate surface area is 117 Å². The van der Waals surface area contributed by atoms with Crippen LogP contribution in [0.5, 0.6) is 0 Å². The quantitative estimate of drug-likeness (QED) is 0.854. The first-order valence-corrected chi connectivity index (χ1v) is 8.30. The van der Waals surface area contributed by atoms with Crippen LogP contribution in [0.4, 0.5) is 5.69 Å². The molecule has 1 heterocycles. The molecule has 1 N–H and O–H groups in total. The van der Waals surface area contributed by atoms with E-state index in [2.05, 4.69) is 21.2 Å². The molecule has 1 aromatic carbocycles. The Hall–Kier alpha value is -0.590. The molecule has 100 valence electrons. The fraction of sp³-hybridized carbons (Fsp3) is 0.500. The van der Waals surface area contributed by atoms with Crippen LogP contribution in [0.3, 0.4) is 0 Å². The lowest BCUT2D eigenvalue weighted by atomic mass is 10.2. The predicted octanol–water partition coefficient (Wildman–Crippen LogP) is 1.89. The Morgan fingerprint density at radius 2 is 2.17 bits per heavy atom. The van der Waals surface area contributed by atoms with Crippen LogP contribution in [0.25, 0.3) is 0 Å². The summed E-state index contributed by atoms with van der Waals surface area (Å²) in [6.07, 6.45) is 0. The molecule has 0 aliphatic carbocycles. The van der Waals surface area contributed by atoms with Gasteiger partial charge in [-0.1, -0.05) is 15.9 Å². The minimum absolute atomic E-state index is 0.145. The van der Waals surface area contributed by atoms with Gasteiger partial charge in [0.05, 0.1) is 11.4 Å². The second-order valence-corrected chi connectivity index (χ2v) is 7.50. The summed E-state index contributed by atoms with van der Waals surface area (Å²) in [4.78, 5) is 0. The van der Waals surface area contributed by atoms with E-state index in [-0.39, 0.29) is 11.8 Å². The number of nitrogens with one attached hydrogen (secondary N) is 1.